The number of carbonyl (C=O) groups is 2. The first-order valence-corrected chi connectivity index (χ1v) is 9.89. The van der Waals surface area contributed by atoms with E-state index in [1.54, 1.807) is 11.0 Å². The average Bonchev–Trinajstić information content (AvgIpc) is 3.10. The number of piperidine rings is 1. The van der Waals surface area contributed by atoms with Gasteiger partial charge in [0.05, 0.1) is 6.10 Å². The lowest BCUT2D eigenvalue weighted by Gasteiger charge is -2.32. The largest absolute Gasteiger partial charge is 0.491 e. The van der Waals surface area contributed by atoms with Gasteiger partial charge in [-0.2, -0.15) is 5.10 Å². The topological polar surface area (TPSA) is 88.2 Å². The number of likely N-dealkylation sites (tertiary alicyclic amines) is 1. The van der Waals surface area contributed by atoms with E-state index in [-0.39, 0.29) is 23.7 Å². The van der Waals surface area contributed by atoms with Crippen LogP contribution in [0.5, 0.6) is 5.75 Å². The number of ketones is 1. The molecule has 1 N–H and O–H groups in total. The molecule has 0 saturated carbocycles. The van der Waals surface area contributed by atoms with Crippen LogP contribution in [-0.2, 0) is 11.2 Å². The van der Waals surface area contributed by atoms with Crippen LogP contribution < -0.4 is 4.74 Å². The van der Waals surface area contributed by atoms with Crippen LogP contribution in [0.3, 0.4) is 0 Å². The molecule has 0 unspecified atom stereocenters. The molecule has 1 aliphatic rings. The van der Waals surface area contributed by atoms with Gasteiger partial charge in [-0.05, 0) is 45.7 Å². The molecule has 1 aliphatic heterocycles. The summed E-state index contributed by atoms with van der Waals surface area (Å²) >= 11 is 0. The summed E-state index contributed by atoms with van der Waals surface area (Å²) in [7, 11) is 0. The number of nitrogens with one attached hydrogen (secondary N) is 1. The summed E-state index contributed by atoms with van der Waals surface area (Å²) in [5.41, 5.74) is 0.647. The minimum absolute atomic E-state index is 0.0526. The molecule has 0 spiro atoms. The summed E-state index contributed by atoms with van der Waals surface area (Å²) in [6, 6.07) is 7.32. The fourth-order valence-electron chi connectivity index (χ4n) is 3.53. The van der Waals surface area contributed by atoms with Crippen LogP contribution in [0.2, 0.25) is 0 Å². The maximum Gasteiger partial charge on any atom is 0.223 e. The maximum atomic E-state index is 13.0. The van der Waals surface area contributed by atoms with E-state index in [9.17, 15) is 9.59 Å². The number of amides is 1. The van der Waals surface area contributed by atoms with Gasteiger partial charge in [0, 0.05) is 37.4 Å². The number of aromatic nitrogens is 3. The van der Waals surface area contributed by atoms with E-state index in [4.69, 9.17) is 4.74 Å². The van der Waals surface area contributed by atoms with Crippen molar-refractivity contribution in [2.75, 3.05) is 13.1 Å². The zero-order valence-corrected chi connectivity index (χ0v) is 16.8. The number of Topliss-reactive ketones (excluding diaryl/α,β-unsaturated/α-hetero) is 1. The Morgan fingerprint density at radius 3 is 2.89 bits per heavy atom. The van der Waals surface area contributed by atoms with Crippen LogP contribution in [0, 0.1) is 12.8 Å². The van der Waals surface area contributed by atoms with Gasteiger partial charge in [0.1, 0.15) is 11.6 Å². The van der Waals surface area contributed by atoms with Gasteiger partial charge < -0.3 is 9.64 Å². The van der Waals surface area contributed by atoms with Crippen LogP contribution in [0.15, 0.2) is 24.3 Å². The third-order valence-corrected chi connectivity index (χ3v) is 4.84. The quantitative estimate of drug-likeness (QED) is 0.742. The number of aryl methyl sites for hydroxylation is 2. The summed E-state index contributed by atoms with van der Waals surface area (Å²) < 4.78 is 5.70. The van der Waals surface area contributed by atoms with Crippen LogP contribution >= 0.6 is 0 Å². The Bertz CT molecular complexity index is 831. The van der Waals surface area contributed by atoms with Gasteiger partial charge in [0.25, 0.3) is 0 Å². The summed E-state index contributed by atoms with van der Waals surface area (Å²) in [5.74, 6) is 2.06. The van der Waals surface area contributed by atoms with Gasteiger partial charge in [-0.15, -0.1) is 0 Å². The summed E-state index contributed by atoms with van der Waals surface area (Å²) in [6.07, 6.45) is 2.56. The van der Waals surface area contributed by atoms with Gasteiger partial charge in [-0.1, -0.05) is 12.1 Å². The van der Waals surface area contributed by atoms with Crippen molar-refractivity contribution in [2.24, 2.45) is 5.92 Å². The van der Waals surface area contributed by atoms with E-state index in [1.807, 2.05) is 39.0 Å². The fourth-order valence-corrected chi connectivity index (χ4v) is 3.53. The highest BCUT2D eigenvalue weighted by atomic mass is 16.5. The average molecular weight is 384 g/mol. The van der Waals surface area contributed by atoms with E-state index in [2.05, 4.69) is 15.2 Å². The molecule has 7 heteroatoms. The van der Waals surface area contributed by atoms with Crippen LogP contribution in [0.4, 0.5) is 0 Å². The predicted octanol–water partition coefficient (Wildman–Crippen LogP) is 2.95. The molecule has 1 aromatic carbocycles. The van der Waals surface area contributed by atoms with Crippen molar-refractivity contribution in [1.82, 2.24) is 20.1 Å². The van der Waals surface area contributed by atoms with E-state index in [1.165, 1.54) is 0 Å². The van der Waals surface area contributed by atoms with Crippen molar-refractivity contribution in [3.8, 4) is 5.75 Å². The molecule has 150 valence electrons. The second-order valence-corrected chi connectivity index (χ2v) is 7.57. The zero-order chi connectivity index (χ0) is 20.1. The fraction of sp³-hybridized carbons (Fsp3) is 0.524. The molecular formula is C21H28N4O3. The van der Waals surface area contributed by atoms with E-state index >= 15 is 0 Å². The highest BCUT2D eigenvalue weighted by molar-refractivity contribution is 5.98. The normalized spacial score (nSPS) is 17.0. The van der Waals surface area contributed by atoms with Gasteiger partial charge >= 0.3 is 0 Å². The second kappa shape index (κ2) is 8.99. The molecule has 1 amide bonds. The molecule has 1 saturated heterocycles. The third-order valence-electron chi connectivity index (χ3n) is 4.84. The molecule has 7 nitrogen and oxygen atoms in total. The minimum Gasteiger partial charge on any atom is -0.491 e. The predicted molar refractivity (Wildman–Crippen MR) is 105 cm³/mol. The van der Waals surface area contributed by atoms with Crippen molar-refractivity contribution < 1.29 is 14.3 Å². The molecule has 1 fully saturated rings. The summed E-state index contributed by atoms with van der Waals surface area (Å²) in [6.45, 7) is 6.92. The van der Waals surface area contributed by atoms with Crippen LogP contribution in [-0.4, -0.2) is 51.0 Å². The lowest BCUT2D eigenvalue weighted by Crippen LogP contribution is -2.42. The molecule has 1 aromatic heterocycles. The number of benzene rings is 1. The molecule has 0 radical (unpaired) electrons. The zero-order valence-electron chi connectivity index (χ0n) is 16.8. The Labute approximate surface area is 165 Å². The minimum atomic E-state index is -0.169. The third kappa shape index (κ3) is 5.18. The standard InChI is InChI=1S/C21H28N4O3/c1-14(2)28-18-8-4-6-16(12-18)21(27)17-7-5-11-25(13-17)20(26)10-9-19-22-15(3)23-24-19/h4,6,8,12,14,17H,5,7,9-11,13H2,1-3H3,(H,22,23,24)/t17-/m0/s1. The summed E-state index contributed by atoms with van der Waals surface area (Å²) in [4.78, 5) is 31.6. The Hall–Kier alpha value is -2.70. The smallest absolute Gasteiger partial charge is 0.223 e. The first kappa shape index (κ1) is 20.0. The highest BCUT2D eigenvalue weighted by Crippen LogP contribution is 2.24. The number of aromatic amines is 1. The number of nitrogens with zero attached hydrogens (tertiary/aromatic N) is 3. The molecular weight excluding hydrogens is 356 g/mol. The number of rotatable bonds is 7. The Kier molecular flexibility index (Phi) is 6.44. The molecule has 0 bridgehead atoms. The molecule has 1 atom stereocenters. The van der Waals surface area contributed by atoms with Gasteiger partial charge in [0.2, 0.25) is 5.91 Å². The molecule has 28 heavy (non-hydrogen) atoms. The first-order valence-electron chi connectivity index (χ1n) is 9.89. The molecule has 0 aliphatic carbocycles. The maximum absolute atomic E-state index is 13.0. The first-order chi connectivity index (χ1) is 13.4. The second-order valence-electron chi connectivity index (χ2n) is 7.57. The number of hydrogen-bond acceptors (Lipinski definition) is 5. The molecule has 2 heterocycles. The van der Waals surface area contributed by atoms with E-state index in [0.717, 1.165) is 18.7 Å². The number of hydrogen-bond donors (Lipinski definition) is 1. The van der Waals surface area contributed by atoms with Crippen molar-refractivity contribution in [3.05, 3.63) is 41.5 Å². The number of H-pyrrole nitrogens is 1. The Morgan fingerprint density at radius 2 is 2.18 bits per heavy atom. The van der Waals surface area contributed by atoms with Crippen molar-refractivity contribution in [1.29, 1.82) is 0 Å². The lowest BCUT2D eigenvalue weighted by atomic mass is 9.89. The highest BCUT2D eigenvalue weighted by Gasteiger charge is 2.29. The van der Waals surface area contributed by atoms with Crippen molar-refractivity contribution >= 4 is 11.7 Å². The molecule has 2 aromatic rings. The lowest BCUT2D eigenvalue weighted by molar-refractivity contribution is -0.132. The SMILES string of the molecule is Cc1nc(CCC(=O)N2CCC[C@H](C(=O)c3cccc(OC(C)C)c3)C2)n[nH]1. The van der Waals surface area contributed by atoms with Crippen molar-refractivity contribution in [3.63, 3.8) is 0 Å². The number of carbonyl (C=O) groups excluding carboxylic acids is 2. The Morgan fingerprint density at radius 1 is 1.36 bits per heavy atom. The monoisotopic (exact) mass is 384 g/mol. The van der Waals surface area contributed by atoms with Gasteiger partial charge in [-0.25, -0.2) is 4.98 Å². The van der Waals surface area contributed by atoms with E-state index < -0.39 is 0 Å². The van der Waals surface area contributed by atoms with Gasteiger partial charge in [-0.3, -0.25) is 14.7 Å². The van der Waals surface area contributed by atoms with E-state index in [0.29, 0.717) is 43.1 Å². The van der Waals surface area contributed by atoms with Crippen LogP contribution in [0.25, 0.3) is 0 Å². The Balaban J connectivity index is 1.59. The van der Waals surface area contributed by atoms with Crippen molar-refractivity contribution in [2.45, 2.75) is 52.6 Å². The van der Waals surface area contributed by atoms with Gasteiger partial charge in [0.15, 0.2) is 11.6 Å². The van der Waals surface area contributed by atoms with Crippen LogP contribution in [0.1, 0.15) is 55.1 Å². The molecule has 3 rings (SSSR count). The number of ether oxygens (including phenoxy) is 1. The summed E-state index contributed by atoms with van der Waals surface area (Å²) in [5, 5.41) is 6.86.